The highest BCUT2D eigenvalue weighted by Crippen LogP contribution is 2.35. The minimum atomic E-state index is -4.58. The average molecular weight is 953 g/mol. The molecule has 0 aliphatic heterocycles. The number of aliphatic imine (C=N–C) groups is 1. The zero-order chi connectivity index (χ0) is 46.4. The van der Waals surface area contributed by atoms with Gasteiger partial charge in [-0.1, -0.05) is 78.9 Å². The molecule has 7 aromatic rings. The molecule has 0 amide bonds. The van der Waals surface area contributed by atoms with E-state index >= 15 is 0 Å². The summed E-state index contributed by atoms with van der Waals surface area (Å²) in [6, 6.07) is 45.0. The first kappa shape index (κ1) is 47.5. The molecule has 0 radical (unpaired) electrons. The van der Waals surface area contributed by atoms with Crippen LogP contribution in [0.3, 0.4) is 0 Å². The number of aromatic hydroxyl groups is 2. The zero-order valence-electron chi connectivity index (χ0n) is 35.8. The van der Waals surface area contributed by atoms with Crippen molar-refractivity contribution >= 4 is 71.8 Å². The van der Waals surface area contributed by atoms with Gasteiger partial charge in [0, 0.05) is 41.3 Å². The number of rotatable bonds is 14. The molecule has 67 heavy (non-hydrogen) atoms. The Labute approximate surface area is 395 Å². The normalized spacial score (nSPS) is 12.3. The monoisotopic (exact) mass is 951 g/mol. The van der Waals surface area contributed by atoms with E-state index in [0.717, 1.165) is 50.6 Å². The Balaban J connectivity index is 0.00000666. The number of benzene rings is 7. The van der Waals surface area contributed by atoms with Crippen LogP contribution >= 0.6 is 0 Å². The Hall–Kier alpha value is -7.46. The van der Waals surface area contributed by atoms with Crippen LogP contribution in [0.2, 0.25) is 0 Å². The molecule has 0 saturated carbocycles. The number of allylic oxidation sites excluding steroid dienone is 5. The van der Waals surface area contributed by atoms with Crippen LogP contribution in [0.1, 0.15) is 33.4 Å². The Morgan fingerprint density at radius 1 is 0.522 bits per heavy atom. The maximum atomic E-state index is 12.3. The van der Waals surface area contributed by atoms with Crippen LogP contribution in [-0.4, -0.2) is 41.9 Å². The molecule has 0 atom stereocenters. The number of aryl methyl sites for hydroxylation is 1. The molecule has 0 saturated heterocycles. The molecule has 0 heterocycles. The van der Waals surface area contributed by atoms with Crippen molar-refractivity contribution in [2.75, 3.05) is 16.0 Å². The topological polar surface area (TPSA) is 198 Å². The Morgan fingerprint density at radius 2 is 0.985 bits per heavy atom. The van der Waals surface area contributed by atoms with Crippen molar-refractivity contribution in [2.24, 2.45) is 4.99 Å². The predicted molar refractivity (Wildman–Crippen MR) is 262 cm³/mol. The highest BCUT2D eigenvalue weighted by molar-refractivity contribution is 7.86. The van der Waals surface area contributed by atoms with Crippen molar-refractivity contribution in [1.82, 2.24) is 0 Å². The summed E-state index contributed by atoms with van der Waals surface area (Å²) in [5.41, 5.74) is 10.4. The van der Waals surface area contributed by atoms with Crippen LogP contribution in [-0.2, 0) is 33.1 Å². The lowest BCUT2D eigenvalue weighted by molar-refractivity contribution is -0.0000231. The van der Waals surface area contributed by atoms with E-state index in [2.05, 4.69) is 22.0 Å². The summed E-state index contributed by atoms with van der Waals surface area (Å²) in [4.78, 5) is 4.14. The van der Waals surface area contributed by atoms with Crippen LogP contribution in [0.15, 0.2) is 196 Å². The fourth-order valence-electron chi connectivity index (χ4n) is 7.25. The average Bonchev–Trinajstić information content (AvgIpc) is 3.28. The van der Waals surface area contributed by atoms with Gasteiger partial charge in [0.25, 0.3) is 20.2 Å². The summed E-state index contributed by atoms with van der Waals surface area (Å²) in [5.74, 6) is -0.193. The van der Waals surface area contributed by atoms with Gasteiger partial charge in [-0.15, -0.1) is 0 Å². The van der Waals surface area contributed by atoms with E-state index in [0.29, 0.717) is 28.9 Å². The molecule has 8 rings (SSSR count). The molecule has 0 bridgehead atoms. The summed E-state index contributed by atoms with van der Waals surface area (Å²) >= 11 is 0. The molecule has 0 aromatic heterocycles. The standard InChI is InChI=1S/C52H44N4O8S2.ClH/c1-34-27-51(65(59,60)61)47(32-49(34)57)56-46-25-13-38(14-26-46)29-37-11-19-43(20-12-37)53-42-17-7-35(8-18-42)28-36-9-21-44(22-10-36)54-45-23-15-39(16-24-45)30-40-31-52(66(62,63)64)48(33-50(40)58)55-41-5-3-2-4-6-41;/h2-28,31-33,54-58H,29-30H2,1H3,(H,59,60,61)(H,62,63,64);1H/p-1. The van der Waals surface area contributed by atoms with Crippen molar-refractivity contribution in [1.29, 1.82) is 0 Å². The number of halogens is 1. The van der Waals surface area contributed by atoms with E-state index in [1.54, 1.807) is 43.3 Å². The van der Waals surface area contributed by atoms with E-state index in [9.17, 15) is 36.2 Å². The first-order valence-electron chi connectivity index (χ1n) is 20.7. The molecule has 15 heteroatoms. The maximum absolute atomic E-state index is 12.3. The predicted octanol–water partition coefficient (Wildman–Crippen LogP) is 8.60. The number of phenols is 2. The first-order chi connectivity index (χ1) is 31.6. The van der Waals surface area contributed by atoms with E-state index < -0.39 is 20.2 Å². The van der Waals surface area contributed by atoms with E-state index in [1.165, 1.54) is 24.3 Å². The number of hydrogen-bond donors (Lipinski definition) is 7. The van der Waals surface area contributed by atoms with Gasteiger partial charge in [-0.25, -0.2) is 4.99 Å². The number of anilines is 6. The van der Waals surface area contributed by atoms with Crippen LogP contribution in [0.5, 0.6) is 11.5 Å². The molecule has 1 aliphatic carbocycles. The van der Waals surface area contributed by atoms with Crippen molar-refractivity contribution in [2.45, 2.75) is 29.6 Å². The summed E-state index contributed by atoms with van der Waals surface area (Å²) in [7, 11) is -9.09. The Bertz CT molecular complexity index is 3250. The fourth-order valence-corrected chi connectivity index (χ4v) is 8.64. The Kier molecular flexibility index (Phi) is 14.4. The van der Waals surface area contributed by atoms with Crippen LogP contribution in [0.4, 0.5) is 39.8 Å². The van der Waals surface area contributed by atoms with E-state index in [-0.39, 0.29) is 51.5 Å². The van der Waals surface area contributed by atoms with Crippen molar-refractivity contribution in [3.8, 4) is 11.5 Å². The molecular formula is C52H44ClN4O8S2-. The van der Waals surface area contributed by atoms with Crippen molar-refractivity contribution in [3.63, 3.8) is 0 Å². The number of nitrogens with one attached hydrogen (secondary N) is 3. The molecule has 0 spiro atoms. The molecular weight excluding hydrogens is 908 g/mol. The SMILES string of the molecule is Cc1cc(S(=O)(=O)O)c(Nc2ccc(Cc3ccc(N=C4C=CC(=Cc5ccc(Nc6ccc(Cc7cc(S(=O)(=O)O)c(Nc8ccccc8)cc7O)cc6)cc5)C=C4)cc3)cc2)cc1O.[Cl-]. The Morgan fingerprint density at radius 3 is 1.54 bits per heavy atom. The van der Waals surface area contributed by atoms with Gasteiger partial charge in [0.15, 0.2) is 0 Å². The molecule has 340 valence electrons. The minimum Gasteiger partial charge on any atom is -1.00 e. The first-order valence-corrected chi connectivity index (χ1v) is 23.5. The van der Waals surface area contributed by atoms with Crippen LogP contribution in [0, 0.1) is 6.92 Å². The van der Waals surface area contributed by atoms with Gasteiger partial charge in [0.1, 0.15) is 21.3 Å². The highest BCUT2D eigenvalue weighted by atomic mass is 35.5. The van der Waals surface area contributed by atoms with Gasteiger partial charge in [0.2, 0.25) is 0 Å². The van der Waals surface area contributed by atoms with E-state index in [4.69, 9.17) is 4.99 Å². The lowest BCUT2D eigenvalue weighted by Gasteiger charge is -2.14. The number of para-hydroxylation sites is 1. The minimum absolute atomic E-state index is 0. The zero-order valence-corrected chi connectivity index (χ0v) is 38.2. The van der Waals surface area contributed by atoms with Gasteiger partial charge >= 0.3 is 0 Å². The van der Waals surface area contributed by atoms with Crippen LogP contribution in [0.25, 0.3) is 6.08 Å². The lowest BCUT2D eigenvalue weighted by atomic mass is 10.0. The maximum Gasteiger partial charge on any atom is 0.296 e. The summed E-state index contributed by atoms with van der Waals surface area (Å²) in [6.07, 6.45) is 11.0. The molecule has 12 nitrogen and oxygen atoms in total. The van der Waals surface area contributed by atoms with Crippen LogP contribution < -0.4 is 28.4 Å². The van der Waals surface area contributed by atoms with Gasteiger partial charge < -0.3 is 38.6 Å². The second-order valence-corrected chi connectivity index (χ2v) is 18.5. The quantitative estimate of drug-likeness (QED) is 0.0516. The van der Waals surface area contributed by atoms with E-state index in [1.807, 2.05) is 115 Å². The van der Waals surface area contributed by atoms with Gasteiger partial charge in [-0.05, 0) is 143 Å². The van der Waals surface area contributed by atoms with Crippen molar-refractivity contribution in [3.05, 3.63) is 215 Å². The summed E-state index contributed by atoms with van der Waals surface area (Å²) < 4.78 is 68.0. The fraction of sp³-hybridized carbons (Fsp3) is 0.0577. The molecule has 1 aliphatic rings. The lowest BCUT2D eigenvalue weighted by Crippen LogP contribution is -3.00. The van der Waals surface area contributed by atoms with Gasteiger partial charge in [-0.2, -0.15) is 16.8 Å². The molecule has 0 unspecified atom stereocenters. The summed E-state index contributed by atoms with van der Waals surface area (Å²) in [5, 5.41) is 30.2. The third-order valence-electron chi connectivity index (χ3n) is 10.7. The molecule has 7 aromatic carbocycles. The van der Waals surface area contributed by atoms with Gasteiger partial charge in [-0.3, -0.25) is 9.11 Å². The number of phenolic OH excluding ortho intramolecular Hbond substituents is 2. The second kappa shape index (κ2) is 20.4. The smallest absolute Gasteiger partial charge is 0.296 e. The summed E-state index contributed by atoms with van der Waals surface area (Å²) in [6.45, 7) is 1.55. The number of hydrogen-bond acceptors (Lipinski definition) is 10. The third-order valence-corrected chi connectivity index (χ3v) is 12.5. The molecule has 0 fully saturated rings. The van der Waals surface area contributed by atoms with Crippen molar-refractivity contribution < 1.29 is 48.6 Å². The second-order valence-electron chi connectivity index (χ2n) is 15.7. The number of nitrogens with zero attached hydrogens (tertiary/aromatic N) is 1. The highest BCUT2D eigenvalue weighted by Gasteiger charge is 2.21. The molecule has 7 N–H and O–H groups in total. The largest absolute Gasteiger partial charge is 1.00 e. The third kappa shape index (κ3) is 12.5. The van der Waals surface area contributed by atoms with Gasteiger partial charge in [0.05, 0.1) is 22.8 Å².